The Bertz CT molecular complexity index is 232. The van der Waals surface area contributed by atoms with Crippen molar-refractivity contribution in [1.82, 2.24) is 0 Å². The molecular weight excluding hydrogens is 220 g/mol. The highest BCUT2D eigenvalue weighted by molar-refractivity contribution is 5.19. The summed E-state index contributed by atoms with van der Waals surface area (Å²) in [7, 11) is 0. The van der Waals surface area contributed by atoms with Crippen LogP contribution in [0, 0.1) is 0 Å². The van der Waals surface area contributed by atoms with Gasteiger partial charge in [-0.05, 0) is 25.2 Å². The van der Waals surface area contributed by atoms with Gasteiger partial charge in [-0.15, -0.1) is 0 Å². The summed E-state index contributed by atoms with van der Waals surface area (Å²) in [6.07, 6.45) is 8.61. The minimum absolute atomic E-state index is 0.588. The van der Waals surface area contributed by atoms with E-state index >= 15 is 0 Å². The zero-order chi connectivity index (χ0) is 15.4. The Morgan fingerprint density at radius 1 is 0.944 bits per heavy atom. The molecule has 0 aromatic heterocycles. The molecule has 0 aliphatic heterocycles. The number of allylic oxidation sites excluding steroid dienone is 5. The van der Waals surface area contributed by atoms with Gasteiger partial charge in [-0.25, -0.2) is 0 Å². The van der Waals surface area contributed by atoms with Crippen molar-refractivity contribution in [3.8, 4) is 0 Å². The summed E-state index contributed by atoms with van der Waals surface area (Å²) in [4.78, 5) is 0. The molecular formula is C17H32O. The first-order valence-electron chi connectivity index (χ1n) is 6.69. The molecule has 0 bridgehead atoms. The van der Waals surface area contributed by atoms with Gasteiger partial charge in [0.15, 0.2) is 0 Å². The van der Waals surface area contributed by atoms with Gasteiger partial charge in [0.1, 0.15) is 11.5 Å². The van der Waals surface area contributed by atoms with E-state index in [1.54, 1.807) is 24.3 Å². The van der Waals surface area contributed by atoms with Gasteiger partial charge >= 0.3 is 0 Å². The molecule has 0 atom stereocenters. The van der Waals surface area contributed by atoms with Crippen LogP contribution in [0.15, 0.2) is 61.6 Å². The molecule has 0 aliphatic rings. The standard InChI is InChI=1S/C11H14O.3C2H6/c1-5-8-10(4)12-11(7-3)9-6-2;3*1-2/h5-9H,2-4H2,1H3;3*1-2H3/b8-5-,11-9+;;;. The molecule has 0 N–H and O–H groups in total. The van der Waals surface area contributed by atoms with E-state index in [0.717, 1.165) is 0 Å². The molecule has 0 aromatic carbocycles. The third-order valence-electron chi connectivity index (χ3n) is 1.08. The number of hydrogen-bond acceptors (Lipinski definition) is 1. The Morgan fingerprint density at radius 3 is 1.67 bits per heavy atom. The van der Waals surface area contributed by atoms with E-state index in [2.05, 4.69) is 19.7 Å². The van der Waals surface area contributed by atoms with E-state index in [4.69, 9.17) is 4.74 Å². The van der Waals surface area contributed by atoms with Crippen LogP contribution >= 0.6 is 0 Å². The maximum Gasteiger partial charge on any atom is 0.126 e. The summed E-state index contributed by atoms with van der Waals surface area (Å²) in [5.41, 5.74) is 0. The highest BCUT2D eigenvalue weighted by Gasteiger charge is 1.91. The quantitative estimate of drug-likeness (QED) is 0.405. The summed E-state index contributed by atoms with van der Waals surface area (Å²) in [6, 6.07) is 0. The van der Waals surface area contributed by atoms with Crippen LogP contribution in [0.1, 0.15) is 48.5 Å². The lowest BCUT2D eigenvalue weighted by atomic mass is 10.4. The molecule has 0 amide bonds. The van der Waals surface area contributed by atoms with Gasteiger partial charge in [0, 0.05) is 0 Å². The summed E-state index contributed by atoms with van der Waals surface area (Å²) in [5, 5.41) is 0. The first-order chi connectivity index (χ1) is 8.74. The Hall–Kier alpha value is -1.50. The van der Waals surface area contributed by atoms with Gasteiger partial charge in [0.25, 0.3) is 0 Å². The van der Waals surface area contributed by atoms with E-state index in [9.17, 15) is 0 Å². The normalized spacial score (nSPS) is 8.50. The molecule has 0 aromatic rings. The molecule has 0 unspecified atom stereocenters. The third-order valence-corrected chi connectivity index (χ3v) is 1.08. The molecule has 0 saturated heterocycles. The molecule has 0 spiro atoms. The Balaban J connectivity index is -0.000000141. The topological polar surface area (TPSA) is 9.23 Å². The van der Waals surface area contributed by atoms with Gasteiger partial charge in [-0.2, -0.15) is 0 Å². The largest absolute Gasteiger partial charge is 0.458 e. The summed E-state index contributed by atoms with van der Waals surface area (Å²) in [6.45, 7) is 24.7. The lowest BCUT2D eigenvalue weighted by Crippen LogP contribution is -1.85. The number of ether oxygens (including phenoxy) is 1. The van der Waals surface area contributed by atoms with Gasteiger partial charge in [-0.1, -0.05) is 73.4 Å². The molecule has 0 saturated carbocycles. The second kappa shape index (κ2) is 29.6. The van der Waals surface area contributed by atoms with Gasteiger partial charge < -0.3 is 4.74 Å². The lowest BCUT2D eigenvalue weighted by Gasteiger charge is -2.03. The molecule has 1 heteroatoms. The predicted octanol–water partition coefficient (Wildman–Crippen LogP) is 6.43. The number of rotatable bonds is 5. The van der Waals surface area contributed by atoms with Crippen molar-refractivity contribution >= 4 is 0 Å². The summed E-state index contributed by atoms with van der Waals surface area (Å²) >= 11 is 0. The first-order valence-corrected chi connectivity index (χ1v) is 6.69. The van der Waals surface area contributed by atoms with Crippen molar-refractivity contribution in [2.45, 2.75) is 48.5 Å². The van der Waals surface area contributed by atoms with Crippen molar-refractivity contribution in [2.75, 3.05) is 0 Å². The van der Waals surface area contributed by atoms with E-state index in [1.807, 2.05) is 54.5 Å². The van der Waals surface area contributed by atoms with Crippen LogP contribution in [0.5, 0.6) is 0 Å². The van der Waals surface area contributed by atoms with E-state index in [0.29, 0.717) is 11.5 Å². The van der Waals surface area contributed by atoms with Crippen molar-refractivity contribution in [2.24, 2.45) is 0 Å². The maximum atomic E-state index is 5.27. The Morgan fingerprint density at radius 2 is 1.39 bits per heavy atom. The molecule has 0 aliphatic carbocycles. The highest BCUT2D eigenvalue weighted by Crippen LogP contribution is 2.06. The lowest BCUT2D eigenvalue weighted by molar-refractivity contribution is 0.338. The maximum absolute atomic E-state index is 5.27. The van der Waals surface area contributed by atoms with Crippen LogP contribution in [0.2, 0.25) is 0 Å². The van der Waals surface area contributed by atoms with E-state index in [-0.39, 0.29) is 0 Å². The van der Waals surface area contributed by atoms with Crippen LogP contribution in [0.25, 0.3) is 0 Å². The zero-order valence-corrected chi connectivity index (χ0v) is 13.4. The second-order valence-corrected chi connectivity index (χ2v) is 2.08. The predicted molar refractivity (Wildman–Crippen MR) is 87.6 cm³/mol. The minimum Gasteiger partial charge on any atom is -0.458 e. The summed E-state index contributed by atoms with van der Waals surface area (Å²) < 4.78 is 5.27. The Kier molecular flexibility index (Phi) is 41.7. The van der Waals surface area contributed by atoms with E-state index in [1.165, 1.54) is 0 Å². The van der Waals surface area contributed by atoms with Crippen LogP contribution < -0.4 is 0 Å². The third kappa shape index (κ3) is 24.0. The van der Waals surface area contributed by atoms with Crippen molar-refractivity contribution in [3.05, 3.63) is 61.6 Å². The number of hydrogen-bond donors (Lipinski definition) is 0. The van der Waals surface area contributed by atoms with Crippen LogP contribution in [-0.4, -0.2) is 0 Å². The minimum atomic E-state index is 0.588. The van der Waals surface area contributed by atoms with Crippen LogP contribution in [0.4, 0.5) is 0 Å². The smallest absolute Gasteiger partial charge is 0.126 e. The van der Waals surface area contributed by atoms with E-state index < -0.39 is 0 Å². The van der Waals surface area contributed by atoms with Crippen LogP contribution in [0.3, 0.4) is 0 Å². The highest BCUT2D eigenvalue weighted by atomic mass is 16.5. The van der Waals surface area contributed by atoms with Gasteiger partial charge in [-0.3, -0.25) is 0 Å². The zero-order valence-electron chi connectivity index (χ0n) is 13.4. The van der Waals surface area contributed by atoms with Crippen molar-refractivity contribution in [3.63, 3.8) is 0 Å². The fourth-order valence-corrected chi connectivity index (χ4v) is 0.631. The average Bonchev–Trinajstić information content (AvgIpc) is 2.45. The van der Waals surface area contributed by atoms with Crippen molar-refractivity contribution < 1.29 is 4.74 Å². The fraction of sp³-hybridized carbons (Fsp3) is 0.412. The second-order valence-electron chi connectivity index (χ2n) is 2.08. The molecule has 1 nitrogen and oxygen atoms in total. The molecule has 0 radical (unpaired) electrons. The molecule has 0 rings (SSSR count). The van der Waals surface area contributed by atoms with Crippen LogP contribution in [-0.2, 0) is 4.74 Å². The molecule has 0 heterocycles. The van der Waals surface area contributed by atoms with Gasteiger partial charge in [0.2, 0.25) is 0 Å². The van der Waals surface area contributed by atoms with Gasteiger partial charge in [0.05, 0.1) is 0 Å². The molecule has 18 heavy (non-hydrogen) atoms. The molecule has 106 valence electrons. The average molecular weight is 252 g/mol. The summed E-state index contributed by atoms with van der Waals surface area (Å²) in [5.74, 6) is 1.23. The molecule has 0 fully saturated rings. The fourth-order valence-electron chi connectivity index (χ4n) is 0.631. The first kappa shape index (κ1) is 25.4. The van der Waals surface area contributed by atoms with Crippen molar-refractivity contribution in [1.29, 1.82) is 0 Å². The Labute approximate surface area is 115 Å². The SMILES string of the molecule is C=C/C=C(\C=C)OC(=C)/C=C\C.CC.CC.CC. The monoisotopic (exact) mass is 252 g/mol.